The molecule has 1 aromatic rings. The van der Waals surface area contributed by atoms with Crippen LogP contribution in [0.2, 0.25) is 5.02 Å². The Morgan fingerprint density at radius 3 is 2.56 bits per heavy atom. The first-order valence-corrected chi connectivity index (χ1v) is 6.79. The number of nitrogens with one attached hydrogen (secondary N) is 1. The van der Waals surface area contributed by atoms with Crippen LogP contribution in [-0.2, 0) is 6.54 Å². The van der Waals surface area contributed by atoms with Crippen molar-refractivity contribution < 1.29 is 5.11 Å². The minimum absolute atomic E-state index is 0.155. The second-order valence-corrected chi connectivity index (χ2v) is 6.55. The zero-order valence-electron chi connectivity index (χ0n) is 11.8. The van der Waals surface area contributed by atoms with Crippen LogP contribution in [0.15, 0.2) is 18.2 Å². The lowest BCUT2D eigenvalue weighted by atomic mass is 9.89. The molecule has 0 bridgehead atoms. The van der Waals surface area contributed by atoms with E-state index in [0.29, 0.717) is 13.1 Å². The van der Waals surface area contributed by atoms with Crippen molar-refractivity contribution in [3.8, 4) is 0 Å². The fourth-order valence-electron chi connectivity index (χ4n) is 1.95. The van der Waals surface area contributed by atoms with Gasteiger partial charge < -0.3 is 10.4 Å². The molecule has 0 amide bonds. The highest BCUT2D eigenvalue weighted by Gasteiger charge is 2.16. The number of halogens is 1. The molecule has 0 saturated heterocycles. The highest BCUT2D eigenvalue weighted by atomic mass is 35.5. The number of hydrogen-bond donors (Lipinski definition) is 2. The zero-order chi connectivity index (χ0) is 13.8. The van der Waals surface area contributed by atoms with Crippen molar-refractivity contribution in [3.63, 3.8) is 0 Å². The van der Waals surface area contributed by atoms with Gasteiger partial charge in [-0.2, -0.15) is 0 Å². The average Bonchev–Trinajstić information content (AvgIpc) is 2.18. The molecule has 2 nitrogen and oxygen atoms in total. The summed E-state index contributed by atoms with van der Waals surface area (Å²) in [6, 6.07) is 6.04. The second-order valence-electron chi connectivity index (χ2n) is 6.14. The number of aliphatic hydroxyl groups excluding tert-OH is 1. The summed E-state index contributed by atoms with van der Waals surface area (Å²) in [5.74, 6) is 0. The third-order valence-electron chi connectivity index (χ3n) is 2.75. The molecule has 0 saturated carbocycles. The minimum Gasteiger partial charge on any atom is -0.392 e. The van der Waals surface area contributed by atoms with Crippen LogP contribution < -0.4 is 5.32 Å². The molecule has 0 heterocycles. The smallest absolute Gasteiger partial charge is 0.0669 e. The van der Waals surface area contributed by atoms with E-state index in [1.165, 1.54) is 0 Å². The largest absolute Gasteiger partial charge is 0.392 e. The number of benzene rings is 1. The molecular weight excluding hydrogens is 246 g/mol. The quantitative estimate of drug-likeness (QED) is 0.857. The van der Waals surface area contributed by atoms with E-state index in [1.54, 1.807) is 0 Å². The van der Waals surface area contributed by atoms with Crippen molar-refractivity contribution in [1.82, 2.24) is 5.32 Å². The van der Waals surface area contributed by atoms with E-state index in [9.17, 15) is 5.11 Å². The lowest BCUT2D eigenvalue weighted by molar-refractivity contribution is 0.119. The third-order valence-corrected chi connectivity index (χ3v) is 3.10. The molecular formula is C15H24ClNO. The van der Waals surface area contributed by atoms with Gasteiger partial charge >= 0.3 is 0 Å². The van der Waals surface area contributed by atoms with Crippen molar-refractivity contribution >= 4 is 11.6 Å². The summed E-state index contributed by atoms with van der Waals surface area (Å²) in [5.41, 5.74) is 2.39. The number of aliphatic hydroxyl groups is 1. The predicted molar refractivity (Wildman–Crippen MR) is 78.0 cm³/mol. The molecule has 0 aliphatic rings. The van der Waals surface area contributed by atoms with Crippen LogP contribution in [0.25, 0.3) is 0 Å². The lowest BCUT2D eigenvalue weighted by Crippen LogP contribution is -2.29. The van der Waals surface area contributed by atoms with Crippen molar-refractivity contribution in [2.75, 3.05) is 6.54 Å². The molecule has 18 heavy (non-hydrogen) atoms. The van der Waals surface area contributed by atoms with Gasteiger partial charge in [-0.3, -0.25) is 0 Å². The maximum atomic E-state index is 9.88. The Morgan fingerprint density at radius 1 is 1.33 bits per heavy atom. The fourth-order valence-corrected chi connectivity index (χ4v) is 2.25. The first-order valence-electron chi connectivity index (χ1n) is 6.42. The van der Waals surface area contributed by atoms with Gasteiger partial charge in [-0.05, 0) is 36.0 Å². The first kappa shape index (κ1) is 15.5. The van der Waals surface area contributed by atoms with Crippen molar-refractivity contribution in [2.45, 2.75) is 46.8 Å². The van der Waals surface area contributed by atoms with Crippen LogP contribution >= 0.6 is 11.6 Å². The Kier molecular flexibility index (Phi) is 5.64. The molecule has 3 heteroatoms. The van der Waals surface area contributed by atoms with Crippen LogP contribution in [0.4, 0.5) is 0 Å². The Hall–Kier alpha value is -0.570. The second kappa shape index (κ2) is 6.55. The maximum absolute atomic E-state index is 9.88. The molecule has 0 aromatic heterocycles. The highest BCUT2D eigenvalue weighted by Crippen LogP contribution is 2.21. The summed E-state index contributed by atoms with van der Waals surface area (Å²) in [4.78, 5) is 0. The monoisotopic (exact) mass is 269 g/mol. The molecule has 0 aliphatic carbocycles. The number of aryl methyl sites for hydroxylation is 1. The van der Waals surface area contributed by atoms with Gasteiger partial charge in [0.15, 0.2) is 0 Å². The Labute approximate surface area is 115 Å². The first-order chi connectivity index (χ1) is 8.28. The predicted octanol–water partition coefficient (Wildman–Crippen LogP) is 3.54. The SMILES string of the molecule is Cc1ccc(CNCC(O)CC(C)(C)C)c(Cl)c1. The van der Waals surface area contributed by atoms with Crippen molar-refractivity contribution in [3.05, 3.63) is 34.3 Å². The van der Waals surface area contributed by atoms with E-state index in [4.69, 9.17) is 11.6 Å². The lowest BCUT2D eigenvalue weighted by Gasteiger charge is -2.22. The van der Waals surface area contributed by atoms with E-state index >= 15 is 0 Å². The molecule has 1 atom stereocenters. The molecule has 102 valence electrons. The Morgan fingerprint density at radius 2 is 2.00 bits per heavy atom. The van der Waals surface area contributed by atoms with Gasteiger partial charge in [0, 0.05) is 18.1 Å². The van der Waals surface area contributed by atoms with Crippen molar-refractivity contribution in [1.29, 1.82) is 0 Å². The Bertz CT molecular complexity index is 385. The summed E-state index contributed by atoms with van der Waals surface area (Å²) in [7, 11) is 0. The molecule has 1 rings (SSSR count). The van der Waals surface area contributed by atoms with Gasteiger partial charge in [0.1, 0.15) is 0 Å². The van der Waals surface area contributed by atoms with E-state index in [2.05, 4.69) is 32.2 Å². The van der Waals surface area contributed by atoms with Crippen LogP contribution in [0.1, 0.15) is 38.3 Å². The third kappa shape index (κ3) is 5.85. The maximum Gasteiger partial charge on any atom is 0.0669 e. The molecule has 0 aliphatic heterocycles. The normalized spacial score (nSPS) is 13.7. The summed E-state index contributed by atoms with van der Waals surface area (Å²) < 4.78 is 0. The van der Waals surface area contributed by atoms with Crippen LogP contribution in [-0.4, -0.2) is 17.8 Å². The van der Waals surface area contributed by atoms with E-state index in [0.717, 1.165) is 22.6 Å². The summed E-state index contributed by atoms with van der Waals surface area (Å²) in [5, 5.41) is 13.9. The fraction of sp³-hybridized carbons (Fsp3) is 0.600. The summed E-state index contributed by atoms with van der Waals surface area (Å²) in [6.07, 6.45) is 0.482. The molecule has 0 spiro atoms. The standard InChI is InChI=1S/C15H24ClNO/c1-11-5-6-12(14(16)7-11)9-17-10-13(18)8-15(2,3)4/h5-7,13,17-18H,8-10H2,1-4H3. The molecule has 2 N–H and O–H groups in total. The van der Waals surface area contributed by atoms with Crippen molar-refractivity contribution in [2.24, 2.45) is 5.41 Å². The topological polar surface area (TPSA) is 32.3 Å². The molecule has 0 fully saturated rings. The van der Waals surface area contributed by atoms with Gasteiger partial charge in [0.2, 0.25) is 0 Å². The van der Waals surface area contributed by atoms with Crippen LogP contribution in [0.5, 0.6) is 0 Å². The van der Waals surface area contributed by atoms with Gasteiger partial charge in [-0.1, -0.05) is 44.5 Å². The molecule has 0 radical (unpaired) electrons. The average molecular weight is 270 g/mol. The Balaban J connectivity index is 2.37. The van der Waals surface area contributed by atoms with E-state index in [-0.39, 0.29) is 11.5 Å². The molecule has 1 unspecified atom stereocenters. The van der Waals surface area contributed by atoms with Crippen LogP contribution in [0, 0.1) is 12.3 Å². The summed E-state index contributed by atoms with van der Waals surface area (Å²) >= 11 is 6.15. The zero-order valence-corrected chi connectivity index (χ0v) is 12.5. The van der Waals surface area contributed by atoms with Crippen LogP contribution in [0.3, 0.4) is 0 Å². The van der Waals surface area contributed by atoms with Gasteiger partial charge in [0.25, 0.3) is 0 Å². The van der Waals surface area contributed by atoms with Gasteiger partial charge in [-0.25, -0.2) is 0 Å². The van der Waals surface area contributed by atoms with Gasteiger partial charge in [0.05, 0.1) is 6.10 Å². The molecule has 1 aromatic carbocycles. The highest BCUT2D eigenvalue weighted by molar-refractivity contribution is 6.31. The van der Waals surface area contributed by atoms with Gasteiger partial charge in [-0.15, -0.1) is 0 Å². The minimum atomic E-state index is -0.311. The summed E-state index contributed by atoms with van der Waals surface area (Å²) in [6.45, 7) is 9.71. The van der Waals surface area contributed by atoms with E-state index in [1.807, 2.05) is 19.1 Å². The number of hydrogen-bond acceptors (Lipinski definition) is 2. The van der Waals surface area contributed by atoms with E-state index < -0.39 is 0 Å². The number of rotatable bonds is 5.